The highest BCUT2D eigenvalue weighted by atomic mass is 32.1. The molecule has 94 valence electrons. The number of nitrogens with two attached hydrogens (primary N) is 1. The summed E-state index contributed by atoms with van der Waals surface area (Å²) < 4.78 is 0. The number of carbonyl (C=O) groups is 1. The molecule has 4 N–H and O–H groups in total. The van der Waals surface area contributed by atoms with E-state index in [-0.39, 0.29) is 11.6 Å². The van der Waals surface area contributed by atoms with Gasteiger partial charge in [-0.15, -0.1) is 11.3 Å². The number of hydrogen-bond acceptors (Lipinski definition) is 5. The van der Waals surface area contributed by atoms with E-state index in [2.05, 4.69) is 10.3 Å². The number of aromatic nitrogens is 1. The maximum atomic E-state index is 10.8. The maximum absolute atomic E-state index is 10.8. The molecule has 0 saturated heterocycles. The molecule has 0 fully saturated rings. The Morgan fingerprint density at radius 2 is 2.33 bits per heavy atom. The van der Waals surface area contributed by atoms with E-state index in [0.29, 0.717) is 11.4 Å². The van der Waals surface area contributed by atoms with Crippen LogP contribution in [0.2, 0.25) is 0 Å². The van der Waals surface area contributed by atoms with Crippen molar-refractivity contribution in [2.75, 3.05) is 11.1 Å². The molecule has 0 radical (unpaired) electrons. The average Bonchev–Trinajstić information content (AvgIpc) is 2.85. The van der Waals surface area contributed by atoms with Gasteiger partial charge in [0.25, 0.3) is 0 Å². The van der Waals surface area contributed by atoms with E-state index < -0.39 is 5.97 Å². The van der Waals surface area contributed by atoms with Crippen molar-refractivity contribution in [1.29, 1.82) is 0 Å². The Hall–Kier alpha value is -2.08. The van der Waals surface area contributed by atoms with Gasteiger partial charge in [-0.1, -0.05) is 0 Å². The highest BCUT2D eigenvalue weighted by Gasteiger charge is 2.11. The molecule has 0 aliphatic rings. The van der Waals surface area contributed by atoms with Gasteiger partial charge in [0, 0.05) is 11.6 Å². The van der Waals surface area contributed by atoms with E-state index in [4.69, 9.17) is 10.8 Å². The Morgan fingerprint density at radius 1 is 1.56 bits per heavy atom. The van der Waals surface area contributed by atoms with Crippen LogP contribution < -0.4 is 11.1 Å². The topological polar surface area (TPSA) is 88.2 Å². The molecule has 6 heteroatoms. The van der Waals surface area contributed by atoms with Gasteiger partial charge in [0.15, 0.2) is 0 Å². The fourth-order valence-corrected chi connectivity index (χ4v) is 2.22. The summed E-state index contributed by atoms with van der Waals surface area (Å²) in [5.74, 6) is -0.985. The third-order valence-corrected chi connectivity index (χ3v) is 3.45. The van der Waals surface area contributed by atoms with Gasteiger partial charge in [-0.05, 0) is 25.1 Å². The Labute approximate surface area is 108 Å². The lowest BCUT2D eigenvalue weighted by molar-refractivity contribution is 0.0697. The summed E-state index contributed by atoms with van der Waals surface area (Å²) in [5, 5.41) is 14.9. The van der Waals surface area contributed by atoms with Gasteiger partial charge in [-0.2, -0.15) is 0 Å². The van der Waals surface area contributed by atoms with Gasteiger partial charge in [0.05, 0.1) is 23.0 Å². The number of nitrogens with one attached hydrogen (secondary N) is 1. The standard InChI is InChI=1S/C12H13N3O2S/c1-7(11-14-4-5-18-11)15-10-3-2-8(12(16)17)6-9(10)13/h2-7,15H,13H2,1H3,(H,16,17). The number of hydrogen-bond donors (Lipinski definition) is 3. The van der Waals surface area contributed by atoms with E-state index >= 15 is 0 Å². The fraction of sp³-hybridized carbons (Fsp3) is 0.167. The molecule has 0 spiro atoms. The van der Waals surface area contributed by atoms with Gasteiger partial charge in [-0.3, -0.25) is 0 Å². The summed E-state index contributed by atoms with van der Waals surface area (Å²) in [6, 6.07) is 4.67. The van der Waals surface area contributed by atoms with E-state index in [0.717, 1.165) is 5.01 Å². The van der Waals surface area contributed by atoms with Crippen molar-refractivity contribution in [3.8, 4) is 0 Å². The van der Waals surface area contributed by atoms with Crippen molar-refractivity contribution < 1.29 is 9.90 Å². The Kier molecular flexibility index (Phi) is 3.47. The van der Waals surface area contributed by atoms with E-state index in [1.165, 1.54) is 12.1 Å². The molecule has 0 aliphatic carbocycles. The first-order valence-corrected chi connectivity index (χ1v) is 6.24. The minimum Gasteiger partial charge on any atom is -0.478 e. The number of anilines is 2. The summed E-state index contributed by atoms with van der Waals surface area (Å²) in [6.07, 6.45) is 1.75. The minimum atomic E-state index is -0.985. The molecule has 2 rings (SSSR count). The molecular formula is C12H13N3O2S. The third kappa shape index (κ3) is 2.60. The molecule has 18 heavy (non-hydrogen) atoms. The van der Waals surface area contributed by atoms with Gasteiger partial charge >= 0.3 is 5.97 Å². The molecule has 1 heterocycles. The second kappa shape index (κ2) is 5.05. The summed E-state index contributed by atoms with van der Waals surface area (Å²) in [4.78, 5) is 15.0. The second-order valence-electron chi connectivity index (χ2n) is 3.84. The highest BCUT2D eigenvalue weighted by Crippen LogP contribution is 2.26. The van der Waals surface area contributed by atoms with Gasteiger partial charge < -0.3 is 16.2 Å². The zero-order valence-corrected chi connectivity index (χ0v) is 10.6. The first-order chi connectivity index (χ1) is 8.58. The Balaban J connectivity index is 2.17. The predicted molar refractivity (Wildman–Crippen MR) is 72.0 cm³/mol. The summed E-state index contributed by atoms with van der Waals surface area (Å²) in [6.45, 7) is 1.98. The van der Waals surface area contributed by atoms with Gasteiger partial charge in [-0.25, -0.2) is 9.78 Å². The number of carboxylic acids is 1. The van der Waals surface area contributed by atoms with Crippen molar-refractivity contribution in [3.05, 3.63) is 40.3 Å². The first-order valence-electron chi connectivity index (χ1n) is 5.36. The third-order valence-electron chi connectivity index (χ3n) is 2.49. The Bertz CT molecular complexity index is 554. The molecular weight excluding hydrogens is 250 g/mol. The van der Waals surface area contributed by atoms with Gasteiger partial charge in [0.2, 0.25) is 0 Å². The number of thiazole rings is 1. The van der Waals surface area contributed by atoms with Crippen LogP contribution in [0.3, 0.4) is 0 Å². The predicted octanol–water partition coefficient (Wildman–Crippen LogP) is 2.60. The molecule has 1 aromatic carbocycles. The zero-order valence-electron chi connectivity index (χ0n) is 9.75. The molecule has 5 nitrogen and oxygen atoms in total. The van der Waals surface area contributed by atoms with Crippen LogP contribution in [-0.2, 0) is 0 Å². The molecule has 0 aliphatic heterocycles. The van der Waals surface area contributed by atoms with Crippen molar-refractivity contribution >= 4 is 28.7 Å². The average molecular weight is 263 g/mol. The van der Waals surface area contributed by atoms with E-state index in [1.54, 1.807) is 23.6 Å². The fourth-order valence-electron chi connectivity index (χ4n) is 1.57. The van der Waals surface area contributed by atoms with Crippen molar-refractivity contribution in [2.45, 2.75) is 13.0 Å². The van der Waals surface area contributed by atoms with Crippen molar-refractivity contribution in [2.24, 2.45) is 0 Å². The van der Waals surface area contributed by atoms with Crippen LogP contribution in [0, 0.1) is 0 Å². The number of carboxylic acid groups (broad SMARTS) is 1. The van der Waals surface area contributed by atoms with Crippen LogP contribution in [0.15, 0.2) is 29.8 Å². The molecule has 0 amide bonds. The number of nitrogens with zero attached hydrogens (tertiary/aromatic N) is 1. The molecule has 1 aromatic heterocycles. The summed E-state index contributed by atoms with van der Waals surface area (Å²) in [5.41, 5.74) is 7.12. The SMILES string of the molecule is CC(Nc1ccc(C(=O)O)cc1N)c1nccs1. The minimum absolute atomic E-state index is 0.0305. The quantitative estimate of drug-likeness (QED) is 0.738. The smallest absolute Gasteiger partial charge is 0.335 e. The number of aromatic carboxylic acids is 1. The van der Waals surface area contributed by atoms with Crippen LogP contribution in [0.5, 0.6) is 0 Å². The monoisotopic (exact) mass is 263 g/mol. The zero-order chi connectivity index (χ0) is 13.1. The molecule has 1 unspecified atom stereocenters. The normalized spacial score (nSPS) is 12.1. The van der Waals surface area contributed by atoms with Gasteiger partial charge in [0.1, 0.15) is 5.01 Å². The van der Waals surface area contributed by atoms with Crippen LogP contribution in [-0.4, -0.2) is 16.1 Å². The molecule has 2 aromatic rings. The molecule has 0 bridgehead atoms. The molecule has 0 saturated carbocycles. The lowest BCUT2D eigenvalue weighted by Crippen LogP contribution is -2.09. The van der Waals surface area contributed by atoms with Crippen LogP contribution >= 0.6 is 11.3 Å². The van der Waals surface area contributed by atoms with Crippen LogP contribution in [0.1, 0.15) is 28.3 Å². The highest BCUT2D eigenvalue weighted by molar-refractivity contribution is 7.09. The first kappa shape index (κ1) is 12.4. The number of nitrogen functional groups attached to an aromatic ring is 1. The van der Waals surface area contributed by atoms with Crippen molar-refractivity contribution in [1.82, 2.24) is 4.98 Å². The van der Waals surface area contributed by atoms with E-state index in [9.17, 15) is 4.79 Å². The van der Waals surface area contributed by atoms with Crippen molar-refractivity contribution in [3.63, 3.8) is 0 Å². The Morgan fingerprint density at radius 3 is 2.89 bits per heavy atom. The lowest BCUT2D eigenvalue weighted by atomic mass is 10.1. The summed E-state index contributed by atoms with van der Waals surface area (Å²) >= 11 is 1.56. The second-order valence-corrected chi connectivity index (χ2v) is 4.77. The van der Waals surface area contributed by atoms with Crippen LogP contribution in [0.4, 0.5) is 11.4 Å². The lowest BCUT2D eigenvalue weighted by Gasteiger charge is -2.14. The number of benzene rings is 1. The molecule has 1 atom stereocenters. The maximum Gasteiger partial charge on any atom is 0.335 e. The summed E-state index contributed by atoms with van der Waals surface area (Å²) in [7, 11) is 0. The largest absolute Gasteiger partial charge is 0.478 e. The van der Waals surface area contributed by atoms with E-state index in [1.807, 2.05) is 12.3 Å². The van der Waals surface area contributed by atoms with Crippen LogP contribution in [0.25, 0.3) is 0 Å². The number of rotatable bonds is 4.